The molecular formula is C19H17BrFN3O2. The van der Waals surface area contributed by atoms with Gasteiger partial charge in [0.05, 0.1) is 0 Å². The van der Waals surface area contributed by atoms with E-state index in [1.807, 2.05) is 12.1 Å². The number of halogens is 2. The third-order valence-electron chi connectivity index (χ3n) is 3.82. The highest BCUT2D eigenvalue weighted by Gasteiger charge is 2.23. The smallest absolute Gasteiger partial charge is 0.258 e. The minimum atomic E-state index is -0.711. The average molecular weight is 418 g/mol. The lowest BCUT2D eigenvalue weighted by Crippen LogP contribution is -2.35. The summed E-state index contributed by atoms with van der Waals surface area (Å²) in [4.78, 5) is 16.6. The van der Waals surface area contributed by atoms with Crippen molar-refractivity contribution in [1.82, 2.24) is 14.9 Å². The highest BCUT2D eigenvalue weighted by Crippen LogP contribution is 2.23. The molecule has 0 fully saturated rings. The predicted molar refractivity (Wildman–Crippen MR) is 99.2 cm³/mol. The van der Waals surface area contributed by atoms with Gasteiger partial charge in [-0.15, -0.1) is 0 Å². The van der Waals surface area contributed by atoms with Crippen LogP contribution in [-0.2, 0) is 11.8 Å². The second-order valence-corrected chi connectivity index (χ2v) is 6.58. The van der Waals surface area contributed by atoms with Crippen LogP contribution in [0.4, 0.5) is 4.39 Å². The van der Waals surface area contributed by atoms with Crippen LogP contribution >= 0.6 is 15.9 Å². The van der Waals surface area contributed by atoms with Crippen molar-refractivity contribution >= 4 is 21.8 Å². The molecule has 0 aliphatic heterocycles. The number of nitrogens with one attached hydrogen (secondary N) is 1. The molecule has 5 nitrogen and oxygen atoms in total. The van der Waals surface area contributed by atoms with Crippen molar-refractivity contribution in [2.75, 3.05) is 6.61 Å². The molecule has 1 aromatic heterocycles. The first-order chi connectivity index (χ1) is 12.5. The first kappa shape index (κ1) is 18.1. The molecule has 26 heavy (non-hydrogen) atoms. The van der Waals surface area contributed by atoms with E-state index >= 15 is 0 Å². The molecule has 1 heterocycles. The Morgan fingerprint density at radius 3 is 2.65 bits per heavy atom. The number of amides is 1. The van der Waals surface area contributed by atoms with Gasteiger partial charge in [0.15, 0.2) is 6.61 Å². The summed E-state index contributed by atoms with van der Waals surface area (Å²) in [6.45, 7) is -0.184. The molecule has 1 N–H and O–H groups in total. The van der Waals surface area contributed by atoms with Crippen LogP contribution in [0.2, 0.25) is 0 Å². The molecule has 2 aromatic carbocycles. The summed E-state index contributed by atoms with van der Waals surface area (Å²) in [6, 6.07) is 12.8. The van der Waals surface area contributed by atoms with Gasteiger partial charge in [-0.2, -0.15) is 0 Å². The summed E-state index contributed by atoms with van der Waals surface area (Å²) < 4.78 is 22.4. The lowest BCUT2D eigenvalue weighted by atomic mass is 10.1. The summed E-state index contributed by atoms with van der Waals surface area (Å²) in [7, 11) is 1.79. The van der Waals surface area contributed by atoms with Crippen LogP contribution in [0.25, 0.3) is 0 Å². The molecule has 1 amide bonds. The number of ether oxygens (including phenoxy) is 1. The minimum absolute atomic E-state index is 0.184. The molecule has 1 atom stereocenters. The van der Waals surface area contributed by atoms with Crippen LogP contribution < -0.4 is 10.1 Å². The SMILES string of the molecule is Cn1ccnc1[C@@H](NC(=O)COc1ccc(Br)cc1)c1ccccc1F. The van der Waals surface area contributed by atoms with Crippen molar-refractivity contribution in [1.29, 1.82) is 0 Å². The number of hydrogen-bond acceptors (Lipinski definition) is 3. The molecule has 3 aromatic rings. The topological polar surface area (TPSA) is 56.2 Å². The summed E-state index contributed by atoms with van der Waals surface area (Å²) >= 11 is 3.34. The lowest BCUT2D eigenvalue weighted by Gasteiger charge is -2.20. The van der Waals surface area contributed by atoms with Crippen LogP contribution in [0, 0.1) is 5.82 Å². The van der Waals surface area contributed by atoms with Gasteiger partial charge in [0, 0.05) is 29.5 Å². The number of rotatable bonds is 6. The van der Waals surface area contributed by atoms with E-state index in [1.54, 1.807) is 54.3 Å². The number of aryl methyl sites for hydroxylation is 1. The molecular weight excluding hydrogens is 401 g/mol. The monoisotopic (exact) mass is 417 g/mol. The maximum atomic E-state index is 14.3. The van der Waals surface area contributed by atoms with E-state index in [-0.39, 0.29) is 12.5 Å². The fourth-order valence-corrected chi connectivity index (χ4v) is 2.79. The Bertz CT molecular complexity index is 896. The fourth-order valence-electron chi connectivity index (χ4n) is 2.53. The van der Waals surface area contributed by atoms with E-state index in [0.29, 0.717) is 17.1 Å². The number of hydrogen-bond donors (Lipinski definition) is 1. The number of carbonyl (C=O) groups excluding carboxylic acids is 1. The van der Waals surface area contributed by atoms with Gasteiger partial charge in [-0.1, -0.05) is 34.1 Å². The van der Waals surface area contributed by atoms with Crippen molar-refractivity contribution in [3.05, 3.63) is 82.6 Å². The van der Waals surface area contributed by atoms with Crippen LogP contribution in [0.15, 0.2) is 65.4 Å². The second kappa shape index (κ2) is 8.14. The molecule has 0 saturated heterocycles. The van der Waals surface area contributed by atoms with Crippen LogP contribution in [0.3, 0.4) is 0 Å². The molecule has 7 heteroatoms. The van der Waals surface area contributed by atoms with E-state index in [9.17, 15) is 9.18 Å². The molecule has 0 bridgehead atoms. The number of nitrogens with zero attached hydrogens (tertiary/aromatic N) is 2. The van der Waals surface area contributed by atoms with Crippen molar-refractivity contribution in [3.8, 4) is 5.75 Å². The standard InChI is InChI=1S/C19H17BrFN3O2/c1-24-11-10-22-19(24)18(15-4-2-3-5-16(15)21)23-17(25)12-26-14-8-6-13(20)7-9-14/h2-11,18H,12H2,1H3,(H,23,25)/t18-/m0/s1. The van der Waals surface area contributed by atoms with Crippen LogP contribution in [0.1, 0.15) is 17.4 Å². The first-order valence-corrected chi connectivity index (χ1v) is 8.73. The molecule has 0 unspecified atom stereocenters. The van der Waals surface area contributed by atoms with Crippen molar-refractivity contribution < 1.29 is 13.9 Å². The molecule has 0 saturated carbocycles. The molecule has 0 radical (unpaired) electrons. The normalized spacial score (nSPS) is 11.8. The van der Waals surface area contributed by atoms with Crippen molar-refractivity contribution in [2.24, 2.45) is 7.05 Å². The van der Waals surface area contributed by atoms with Gasteiger partial charge in [0.1, 0.15) is 23.4 Å². The number of imidazole rings is 1. The highest BCUT2D eigenvalue weighted by molar-refractivity contribution is 9.10. The van der Waals surface area contributed by atoms with Crippen LogP contribution in [-0.4, -0.2) is 22.1 Å². The van der Waals surface area contributed by atoms with Gasteiger partial charge in [-0.05, 0) is 30.3 Å². The summed E-state index contributed by atoms with van der Waals surface area (Å²) in [5.41, 5.74) is 0.346. The number of benzene rings is 2. The fraction of sp³-hybridized carbons (Fsp3) is 0.158. The lowest BCUT2D eigenvalue weighted by molar-refractivity contribution is -0.123. The zero-order chi connectivity index (χ0) is 18.5. The Morgan fingerprint density at radius 1 is 1.27 bits per heavy atom. The molecule has 3 rings (SSSR count). The third kappa shape index (κ3) is 4.29. The zero-order valence-corrected chi connectivity index (χ0v) is 15.6. The van der Waals surface area contributed by atoms with Gasteiger partial charge in [-0.25, -0.2) is 9.37 Å². The van der Waals surface area contributed by atoms with Crippen LogP contribution in [0.5, 0.6) is 5.75 Å². The van der Waals surface area contributed by atoms with E-state index in [4.69, 9.17) is 4.74 Å². The van der Waals surface area contributed by atoms with Gasteiger partial charge < -0.3 is 14.6 Å². The van der Waals surface area contributed by atoms with Gasteiger partial charge >= 0.3 is 0 Å². The molecule has 134 valence electrons. The van der Waals surface area contributed by atoms with Gasteiger partial charge in [-0.3, -0.25) is 4.79 Å². The Morgan fingerprint density at radius 2 is 2.00 bits per heavy atom. The summed E-state index contributed by atoms with van der Waals surface area (Å²) in [6.07, 6.45) is 3.35. The zero-order valence-electron chi connectivity index (χ0n) is 14.0. The summed E-state index contributed by atoms with van der Waals surface area (Å²) in [5.74, 6) is 0.327. The van der Waals surface area contributed by atoms with E-state index in [0.717, 1.165) is 4.47 Å². The third-order valence-corrected chi connectivity index (χ3v) is 4.35. The Balaban J connectivity index is 1.75. The highest BCUT2D eigenvalue weighted by atomic mass is 79.9. The minimum Gasteiger partial charge on any atom is -0.484 e. The maximum absolute atomic E-state index is 14.3. The quantitative estimate of drug-likeness (QED) is 0.666. The van der Waals surface area contributed by atoms with Gasteiger partial charge in [0.2, 0.25) is 0 Å². The Labute approximate surface area is 159 Å². The van der Waals surface area contributed by atoms with Gasteiger partial charge in [0.25, 0.3) is 5.91 Å². The predicted octanol–water partition coefficient (Wildman–Crippen LogP) is 3.61. The van der Waals surface area contributed by atoms with E-state index in [2.05, 4.69) is 26.2 Å². The van der Waals surface area contributed by atoms with Crippen molar-refractivity contribution in [3.63, 3.8) is 0 Å². The average Bonchev–Trinajstić information content (AvgIpc) is 3.06. The first-order valence-electron chi connectivity index (χ1n) is 7.94. The Hall–Kier alpha value is -2.67. The number of carbonyl (C=O) groups is 1. The molecule has 0 aliphatic carbocycles. The molecule has 0 aliphatic rings. The number of aromatic nitrogens is 2. The molecule has 0 spiro atoms. The second-order valence-electron chi connectivity index (χ2n) is 5.66. The van der Waals surface area contributed by atoms with E-state index in [1.165, 1.54) is 6.07 Å². The Kier molecular flexibility index (Phi) is 5.68. The van der Waals surface area contributed by atoms with E-state index < -0.39 is 11.9 Å². The van der Waals surface area contributed by atoms with Crippen molar-refractivity contribution in [2.45, 2.75) is 6.04 Å². The summed E-state index contributed by atoms with van der Waals surface area (Å²) in [5, 5.41) is 2.80. The maximum Gasteiger partial charge on any atom is 0.258 e. The largest absolute Gasteiger partial charge is 0.484 e.